The van der Waals surface area contributed by atoms with Gasteiger partial charge in [-0.1, -0.05) is 6.07 Å². The summed E-state index contributed by atoms with van der Waals surface area (Å²) in [5, 5.41) is 11.1. The van der Waals surface area contributed by atoms with E-state index in [2.05, 4.69) is 25.5 Å². The fraction of sp³-hybridized carbons (Fsp3) is 0.158. The number of hydrogen-bond acceptors (Lipinski definition) is 6. The molecule has 3 aromatic heterocycles. The van der Waals surface area contributed by atoms with Crippen molar-refractivity contribution in [3.8, 4) is 17.0 Å². The van der Waals surface area contributed by atoms with Crippen LogP contribution in [0.5, 0.6) is 5.75 Å². The van der Waals surface area contributed by atoms with Gasteiger partial charge in [0.15, 0.2) is 11.6 Å². The van der Waals surface area contributed by atoms with Crippen LogP contribution in [-0.4, -0.2) is 38.2 Å². The minimum absolute atomic E-state index is 0.187. The molecule has 0 saturated heterocycles. The Kier molecular flexibility index (Phi) is 4.61. The summed E-state index contributed by atoms with van der Waals surface area (Å²) in [6.45, 7) is 0.603. The number of methoxy groups -OCH3 is 1. The van der Waals surface area contributed by atoms with Gasteiger partial charge in [-0.3, -0.25) is 0 Å². The molecule has 0 saturated carbocycles. The predicted molar refractivity (Wildman–Crippen MR) is 99.2 cm³/mol. The van der Waals surface area contributed by atoms with E-state index >= 15 is 0 Å². The fourth-order valence-corrected chi connectivity index (χ4v) is 2.75. The average Bonchev–Trinajstić information content (AvgIpc) is 3.11. The highest BCUT2D eigenvalue weighted by atomic mass is 19.1. The van der Waals surface area contributed by atoms with Gasteiger partial charge in [-0.05, 0) is 30.3 Å². The summed E-state index contributed by atoms with van der Waals surface area (Å²) < 4.78 is 20.8. The Morgan fingerprint density at radius 3 is 2.93 bits per heavy atom. The predicted octanol–water partition coefficient (Wildman–Crippen LogP) is 2.99. The van der Waals surface area contributed by atoms with Gasteiger partial charge in [0.1, 0.15) is 5.65 Å². The molecule has 7 nitrogen and oxygen atoms in total. The van der Waals surface area contributed by atoms with E-state index in [1.807, 2.05) is 35.0 Å². The molecule has 27 heavy (non-hydrogen) atoms. The third-order valence-electron chi connectivity index (χ3n) is 4.08. The SMILES string of the molecule is COc1ccc(-c2cnnc(NCCc3cn4ccccc4n3)n2)cc1F. The van der Waals surface area contributed by atoms with Gasteiger partial charge in [0.05, 0.1) is 24.7 Å². The van der Waals surface area contributed by atoms with Crippen LogP contribution in [0.15, 0.2) is 55.0 Å². The first-order chi connectivity index (χ1) is 13.2. The van der Waals surface area contributed by atoms with Crippen LogP contribution in [0.25, 0.3) is 16.9 Å². The molecule has 1 aromatic carbocycles. The summed E-state index contributed by atoms with van der Waals surface area (Å²) in [5.41, 5.74) is 3.01. The first-order valence-corrected chi connectivity index (χ1v) is 8.43. The van der Waals surface area contributed by atoms with Crippen molar-refractivity contribution in [3.05, 3.63) is 66.5 Å². The zero-order chi connectivity index (χ0) is 18.6. The molecule has 0 fully saturated rings. The highest BCUT2D eigenvalue weighted by Gasteiger charge is 2.08. The van der Waals surface area contributed by atoms with Crippen LogP contribution in [0, 0.1) is 5.82 Å². The fourth-order valence-electron chi connectivity index (χ4n) is 2.75. The Bertz CT molecular complexity index is 1050. The second-order valence-electron chi connectivity index (χ2n) is 5.89. The Hall–Kier alpha value is -3.55. The van der Waals surface area contributed by atoms with Gasteiger partial charge in [0.25, 0.3) is 0 Å². The van der Waals surface area contributed by atoms with Crippen molar-refractivity contribution in [2.24, 2.45) is 0 Å². The molecule has 0 radical (unpaired) electrons. The smallest absolute Gasteiger partial charge is 0.243 e. The van der Waals surface area contributed by atoms with Gasteiger partial charge in [-0.25, -0.2) is 14.4 Å². The maximum absolute atomic E-state index is 13.9. The summed E-state index contributed by atoms with van der Waals surface area (Å²) in [4.78, 5) is 8.94. The maximum atomic E-state index is 13.9. The van der Waals surface area contributed by atoms with Crippen LogP contribution < -0.4 is 10.1 Å². The number of pyridine rings is 1. The van der Waals surface area contributed by atoms with Gasteiger partial charge >= 0.3 is 0 Å². The first-order valence-electron chi connectivity index (χ1n) is 8.43. The maximum Gasteiger partial charge on any atom is 0.243 e. The van der Waals surface area contributed by atoms with E-state index in [0.29, 0.717) is 30.2 Å². The van der Waals surface area contributed by atoms with Crippen LogP contribution in [-0.2, 0) is 6.42 Å². The minimum Gasteiger partial charge on any atom is -0.494 e. The van der Waals surface area contributed by atoms with Crippen molar-refractivity contribution < 1.29 is 9.13 Å². The monoisotopic (exact) mass is 364 g/mol. The van der Waals surface area contributed by atoms with E-state index in [-0.39, 0.29) is 5.75 Å². The van der Waals surface area contributed by atoms with Crippen LogP contribution in [0.3, 0.4) is 0 Å². The molecule has 0 aliphatic rings. The third-order valence-corrected chi connectivity index (χ3v) is 4.08. The van der Waals surface area contributed by atoms with Crippen molar-refractivity contribution in [1.82, 2.24) is 24.6 Å². The third kappa shape index (κ3) is 3.69. The number of ether oxygens (including phenoxy) is 1. The number of benzene rings is 1. The number of aromatic nitrogens is 5. The molecular weight excluding hydrogens is 347 g/mol. The van der Waals surface area contributed by atoms with Gasteiger partial charge in [0, 0.05) is 30.9 Å². The molecule has 0 atom stereocenters. The van der Waals surface area contributed by atoms with Crippen LogP contribution in [0.1, 0.15) is 5.69 Å². The first kappa shape index (κ1) is 16.9. The van der Waals surface area contributed by atoms with E-state index in [4.69, 9.17) is 4.74 Å². The lowest BCUT2D eigenvalue weighted by molar-refractivity contribution is 0.386. The molecule has 4 aromatic rings. The number of anilines is 1. The number of nitrogens with one attached hydrogen (secondary N) is 1. The minimum atomic E-state index is -0.449. The van der Waals surface area contributed by atoms with Gasteiger partial charge in [-0.15, -0.1) is 5.10 Å². The zero-order valence-electron chi connectivity index (χ0n) is 14.6. The molecule has 0 aliphatic carbocycles. The van der Waals surface area contributed by atoms with Crippen molar-refractivity contribution in [1.29, 1.82) is 0 Å². The van der Waals surface area contributed by atoms with E-state index in [1.165, 1.54) is 19.4 Å². The molecule has 0 aliphatic heterocycles. The second kappa shape index (κ2) is 7.36. The normalized spacial score (nSPS) is 10.9. The molecular formula is C19H17FN6O. The molecule has 4 rings (SSSR count). The second-order valence-corrected chi connectivity index (χ2v) is 5.89. The van der Waals surface area contributed by atoms with E-state index in [1.54, 1.807) is 12.1 Å². The van der Waals surface area contributed by atoms with Crippen molar-refractivity contribution in [3.63, 3.8) is 0 Å². The summed E-state index contributed by atoms with van der Waals surface area (Å²) in [5.74, 6) is 0.119. The number of hydrogen-bond donors (Lipinski definition) is 1. The van der Waals surface area contributed by atoms with Crippen molar-refractivity contribution in [2.75, 3.05) is 19.0 Å². The summed E-state index contributed by atoms with van der Waals surface area (Å²) in [7, 11) is 1.43. The van der Waals surface area contributed by atoms with Crippen molar-refractivity contribution in [2.45, 2.75) is 6.42 Å². The zero-order valence-corrected chi connectivity index (χ0v) is 14.6. The molecule has 3 heterocycles. The van der Waals surface area contributed by atoms with Crippen LogP contribution in [0.4, 0.5) is 10.3 Å². The lowest BCUT2D eigenvalue weighted by Gasteiger charge is -2.06. The van der Waals surface area contributed by atoms with E-state index < -0.39 is 5.82 Å². The Morgan fingerprint density at radius 1 is 1.19 bits per heavy atom. The molecule has 0 spiro atoms. The van der Waals surface area contributed by atoms with Crippen LogP contribution >= 0.6 is 0 Å². The Morgan fingerprint density at radius 2 is 2.11 bits per heavy atom. The average molecular weight is 364 g/mol. The largest absolute Gasteiger partial charge is 0.494 e. The topological polar surface area (TPSA) is 77.2 Å². The van der Waals surface area contributed by atoms with Gasteiger partial charge < -0.3 is 14.5 Å². The van der Waals surface area contributed by atoms with Crippen molar-refractivity contribution >= 4 is 11.6 Å². The molecule has 0 amide bonds. The quantitative estimate of drug-likeness (QED) is 0.567. The van der Waals surface area contributed by atoms with Crippen LogP contribution in [0.2, 0.25) is 0 Å². The highest BCUT2D eigenvalue weighted by molar-refractivity contribution is 5.60. The lowest BCUT2D eigenvalue weighted by Crippen LogP contribution is -2.09. The summed E-state index contributed by atoms with van der Waals surface area (Å²) in [6, 6.07) is 10.5. The number of rotatable bonds is 6. The number of halogens is 1. The molecule has 136 valence electrons. The number of fused-ring (bicyclic) bond motifs is 1. The molecule has 8 heteroatoms. The van der Waals surface area contributed by atoms with E-state index in [9.17, 15) is 4.39 Å². The lowest BCUT2D eigenvalue weighted by atomic mass is 10.1. The van der Waals surface area contributed by atoms with Gasteiger partial charge in [0.2, 0.25) is 5.95 Å². The Balaban J connectivity index is 1.44. The number of nitrogens with zero attached hydrogens (tertiary/aromatic N) is 5. The standard InChI is InChI=1S/C19H17FN6O/c1-27-17-6-5-13(10-15(17)20)16-11-22-25-19(24-16)21-8-7-14-12-26-9-3-2-4-18(26)23-14/h2-6,9-12H,7-8H2,1H3,(H,21,24,25). The van der Waals surface area contributed by atoms with E-state index in [0.717, 1.165) is 11.3 Å². The summed E-state index contributed by atoms with van der Waals surface area (Å²) >= 11 is 0. The van der Waals surface area contributed by atoms with Gasteiger partial charge in [-0.2, -0.15) is 5.10 Å². The number of imidazole rings is 1. The molecule has 1 N–H and O–H groups in total. The molecule has 0 unspecified atom stereocenters. The Labute approximate surface area is 154 Å². The summed E-state index contributed by atoms with van der Waals surface area (Å²) in [6.07, 6.45) is 6.16. The highest BCUT2D eigenvalue weighted by Crippen LogP contribution is 2.24. The molecule has 0 bridgehead atoms.